The molecule has 0 saturated heterocycles. The van der Waals surface area contributed by atoms with Gasteiger partial charge in [0.1, 0.15) is 5.52 Å². The molecule has 2 aromatic heterocycles. The molecule has 3 aromatic rings. The molecule has 0 saturated carbocycles. The molecule has 0 aliphatic carbocycles. The van der Waals surface area contributed by atoms with Crippen LogP contribution in [0.5, 0.6) is 0 Å². The standard InChI is InChI=1S/C14H13N3/c1-11-14-13(8-5-9-15-14)17(16-11)10-12-6-3-2-4-7-12/h2-9H,10H2,1H3. The Hall–Kier alpha value is -2.16. The lowest BCUT2D eigenvalue weighted by Gasteiger charge is -2.02. The monoisotopic (exact) mass is 223 g/mol. The Balaban J connectivity index is 2.07. The van der Waals surface area contributed by atoms with Crippen LogP contribution in [0.1, 0.15) is 11.3 Å². The Morgan fingerprint density at radius 3 is 2.71 bits per heavy atom. The van der Waals surface area contributed by atoms with Crippen molar-refractivity contribution in [3.8, 4) is 0 Å². The SMILES string of the molecule is Cc1nn(Cc2ccccc2)c2cccnc12. The minimum absolute atomic E-state index is 0.789. The van der Waals surface area contributed by atoms with Crippen LogP contribution in [-0.4, -0.2) is 14.8 Å². The highest BCUT2D eigenvalue weighted by atomic mass is 15.3. The number of fused-ring (bicyclic) bond motifs is 1. The summed E-state index contributed by atoms with van der Waals surface area (Å²) >= 11 is 0. The zero-order valence-electron chi connectivity index (χ0n) is 9.67. The Morgan fingerprint density at radius 2 is 1.88 bits per heavy atom. The molecule has 0 radical (unpaired) electrons. The smallest absolute Gasteiger partial charge is 0.111 e. The molecule has 2 heterocycles. The first-order valence-electron chi connectivity index (χ1n) is 5.66. The van der Waals surface area contributed by atoms with Crippen molar-refractivity contribution in [3.63, 3.8) is 0 Å². The summed E-state index contributed by atoms with van der Waals surface area (Å²) in [5.41, 5.74) is 4.31. The van der Waals surface area contributed by atoms with Crippen LogP contribution < -0.4 is 0 Å². The molecule has 84 valence electrons. The highest BCUT2D eigenvalue weighted by molar-refractivity contribution is 5.77. The number of aromatic nitrogens is 3. The van der Waals surface area contributed by atoms with Crippen LogP contribution in [-0.2, 0) is 6.54 Å². The first kappa shape index (κ1) is 10.0. The summed E-state index contributed by atoms with van der Waals surface area (Å²) in [5.74, 6) is 0. The van der Waals surface area contributed by atoms with Crippen molar-refractivity contribution in [2.24, 2.45) is 0 Å². The summed E-state index contributed by atoms with van der Waals surface area (Å²) in [6, 6.07) is 14.4. The number of hydrogen-bond donors (Lipinski definition) is 0. The lowest BCUT2D eigenvalue weighted by Crippen LogP contribution is -2.01. The largest absolute Gasteiger partial charge is 0.259 e. The molecule has 3 rings (SSSR count). The number of nitrogens with zero attached hydrogens (tertiary/aromatic N) is 3. The van der Waals surface area contributed by atoms with E-state index in [9.17, 15) is 0 Å². The predicted molar refractivity (Wildman–Crippen MR) is 67.8 cm³/mol. The van der Waals surface area contributed by atoms with Crippen LogP contribution in [0, 0.1) is 6.92 Å². The fourth-order valence-corrected chi connectivity index (χ4v) is 2.04. The maximum absolute atomic E-state index is 4.54. The van der Waals surface area contributed by atoms with E-state index in [-0.39, 0.29) is 0 Å². The number of rotatable bonds is 2. The highest BCUT2D eigenvalue weighted by Crippen LogP contribution is 2.16. The van der Waals surface area contributed by atoms with Crippen LogP contribution in [0.15, 0.2) is 48.7 Å². The van der Waals surface area contributed by atoms with Gasteiger partial charge in [0.25, 0.3) is 0 Å². The van der Waals surface area contributed by atoms with Gasteiger partial charge in [-0.05, 0) is 24.6 Å². The van der Waals surface area contributed by atoms with Gasteiger partial charge in [0.2, 0.25) is 0 Å². The third kappa shape index (κ3) is 1.80. The summed E-state index contributed by atoms with van der Waals surface area (Å²) < 4.78 is 2.01. The maximum Gasteiger partial charge on any atom is 0.111 e. The van der Waals surface area contributed by atoms with Gasteiger partial charge >= 0.3 is 0 Å². The molecule has 0 fully saturated rings. The Morgan fingerprint density at radius 1 is 1.06 bits per heavy atom. The molecule has 0 aliphatic heterocycles. The first-order valence-corrected chi connectivity index (χ1v) is 5.66. The van der Waals surface area contributed by atoms with E-state index >= 15 is 0 Å². The molecule has 0 amide bonds. The lowest BCUT2D eigenvalue weighted by molar-refractivity contribution is 0.703. The summed E-state index contributed by atoms with van der Waals surface area (Å²) in [7, 11) is 0. The van der Waals surface area contributed by atoms with Crippen LogP contribution >= 0.6 is 0 Å². The fraction of sp³-hybridized carbons (Fsp3) is 0.143. The molecule has 0 aliphatic rings. The van der Waals surface area contributed by atoms with E-state index in [0.29, 0.717) is 0 Å². The van der Waals surface area contributed by atoms with Gasteiger partial charge in [-0.15, -0.1) is 0 Å². The van der Waals surface area contributed by atoms with E-state index in [0.717, 1.165) is 23.3 Å². The topological polar surface area (TPSA) is 30.7 Å². The van der Waals surface area contributed by atoms with E-state index in [4.69, 9.17) is 0 Å². The van der Waals surface area contributed by atoms with Gasteiger partial charge in [0.15, 0.2) is 0 Å². The van der Waals surface area contributed by atoms with E-state index in [1.165, 1.54) is 5.56 Å². The van der Waals surface area contributed by atoms with Gasteiger partial charge in [-0.1, -0.05) is 30.3 Å². The Labute approximate surface area is 99.7 Å². The third-order valence-electron chi connectivity index (χ3n) is 2.85. The second-order valence-electron chi connectivity index (χ2n) is 4.10. The van der Waals surface area contributed by atoms with Crippen molar-refractivity contribution in [1.82, 2.24) is 14.8 Å². The van der Waals surface area contributed by atoms with E-state index in [1.54, 1.807) is 0 Å². The fourth-order valence-electron chi connectivity index (χ4n) is 2.04. The molecular weight excluding hydrogens is 210 g/mol. The second kappa shape index (κ2) is 4.01. The number of aryl methyl sites for hydroxylation is 1. The molecule has 3 heteroatoms. The third-order valence-corrected chi connectivity index (χ3v) is 2.85. The average molecular weight is 223 g/mol. The molecular formula is C14H13N3. The van der Waals surface area contributed by atoms with Gasteiger partial charge < -0.3 is 0 Å². The van der Waals surface area contributed by atoms with Gasteiger partial charge in [-0.2, -0.15) is 5.10 Å². The van der Waals surface area contributed by atoms with Gasteiger partial charge in [0, 0.05) is 6.20 Å². The molecule has 3 nitrogen and oxygen atoms in total. The summed E-state index contributed by atoms with van der Waals surface area (Å²) in [6.07, 6.45) is 1.81. The molecule has 0 bridgehead atoms. The maximum atomic E-state index is 4.54. The number of hydrogen-bond acceptors (Lipinski definition) is 2. The van der Waals surface area contributed by atoms with Crippen LogP contribution in [0.25, 0.3) is 11.0 Å². The molecule has 0 spiro atoms. The van der Waals surface area contributed by atoms with Gasteiger partial charge in [-0.3, -0.25) is 9.67 Å². The highest BCUT2D eigenvalue weighted by Gasteiger charge is 2.07. The van der Waals surface area contributed by atoms with E-state index in [2.05, 4.69) is 28.3 Å². The zero-order valence-corrected chi connectivity index (χ0v) is 9.67. The lowest BCUT2D eigenvalue weighted by atomic mass is 10.2. The molecule has 0 unspecified atom stereocenters. The number of pyridine rings is 1. The van der Waals surface area contributed by atoms with E-state index < -0.39 is 0 Å². The average Bonchev–Trinajstić information content (AvgIpc) is 2.69. The molecule has 0 N–H and O–H groups in total. The Bertz CT molecular complexity index is 641. The first-order chi connectivity index (χ1) is 8.34. The van der Waals surface area contributed by atoms with Gasteiger partial charge in [0.05, 0.1) is 17.8 Å². The van der Waals surface area contributed by atoms with Crippen molar-refractivity contribution in [3.05, 3.63) is 59.9 Å². The van der Waals surface area contributed by atoms with Crippen LogP contribution in [0.4, 0.5) is 0 Å². The summed E-state index contributed by atoms with van der Waals surface area (Å²) in [6.45, 7) is 2.79. The van der Waals surface area contributed by atoms with Crippen molar-refractivity contribution < 1.29 is 0 Å². The Kier molecular flexibility index (Phi) is 2.37. The van der Waals surface area contributed by atoms with Crippen molar-refractivity contribution >= 4 is 11.0 Å². The van der Waals surface area contributed by atoms with Crippen molar-refractivity contribution in [1.29, 1.82) is 0 Å². The minimum atomic E-state index is 0.789. The van der Waals surface area contributed by atoms with Gasteiger partial charge in [-0.25, -0.2) is 0 Å². The van der Waals surface area contributed by atoms with Crippen molar-refractivity contribution in [2.75, 3.05) is 0 Å². The molecule has 0 atom stereocenters. The summed E-state index contributed by atoms with van der Waals surface area (Å²) in [5, 5.41) is 4.54. The summed E-state index contributed by atoms with van der Waals surface area (Å²) in [4.78, 5) is 4.36. The van der Waals surface area contributed by atoms with E-state index in [1.807, 2.05) is 42.1 Å². The quantitative estimate of drug-likeness (QED) is 0.668. The van der Waals surface area contributed by atoms with Crippen molar-refractivity contribution in [2.45, 2.75) is 13.5 Å². The minimum Gasteiger partial charge on any atom is -0.259 e. The normalized spacial score (nSPS) is 10.9. The zero-order chi connectivity index (χ0) is 11.7. The number of benzene rings is 1. The predicted octanol–water partition coefficient (Wildman–Crippen LogP) is 2.79. The van der Waals surface area contributed by atoms with Crippen LogP contribution in [0.3, 0.4) is 0 Å². The second-order valence-corrected chi connectivity index (χ2v) is 4.10. The molecule has 1 aromatic carbocycles. The van der Waals surface area contributed by atoms with Crippen LogP contribution in [0.2, 0.25) is 0 Å². The molecule has 17 heavy (non-hydrogen) atoms.